The van der Waals surface area contributed by atoms with Crippen LogP contribution in [0.25, 0.3) is 0 Å². The van der Waals surface area contributed by atoms with Gasteiger partial charge >= 0.3 is 0 Å². The molecule has 3 saturated carbocycles. The maximum atomic E-state index is 13.5. The average molecular weight is 468 g/mol. The number of carbonyl (C=O) groups is 2. The molecular weight excluding hydrogens is 445 g/mol. The number of amides is 2. The molecule has 3 N–H and O–H groups in total. The highest BCUT2D eigenvalue weighted by Gasteiger charge is 2.55. The Labute approximate surface area is 188 Å². The number of aliphatic hydroxyl groups excluding tert-OH is 1. The summed E-state index contributed by atoms with van der Waals surface area (Å²) < 4.78 is 18.9. The molecule has 0 spiro atoms. The summed E-state index contributed by atoms with van der Waals surface area (Å²) in [5, 5.41) is 19.3. The number of rotatable bonds is 6. The minimum absolute atomic E-state index is 0.0243. The summed E-state index contributed by atoms with van der Waals surface area (Å²) in [5.74, 6) is -1.06. The van der Waals surface area contributed by atoms with Crippen LogP contribution in [0.3, 0.4) is 0 Å². The normalized spacial score (nSPS) is 27.0. The van der Waals surface area contributed by atoms with Gasteiger partial charge in [-0.25, -0.2) is 9.37 Å². The second-order valence-corrected chi connectivity index (χ2v) is 9.74. The zero-order chi connectivity index (χ0) is 22.2. The minimum atomic E-state index is -0.801. The number of aromatic nitrogens is 1. The number of benzene rings is 1. The van der Waals surface area contributed by atoms with Gasteiger partial charge in [0.25, 0.3) is 11.8 Å². The molecule has 5 rings (SSSR count). The monoisotopic (exact) mass is 467 g/mol. The first-order chi connectivity index (χ1) is 14.7. The fourth-order valence-corrected chi connectivity index (χ4v) is 5.17. The summed E-state index contributed by atoms with van der Waals surface area (Å²) in [6.07, 6.45) is 1.90. The molecule has 2 bridgehead atoms. The first-order valence-electron chi connectivity index (χ1n) is 10.0. The van der Waals surface area contributed by atoms with Crippen molar-refractivity contribution in [1.82, 2.24) is 15.6 Å². The van der Waals surface area contributed by atoms with Gasteiger partial charge in [-0.2, -0.15) is 0 Å². The lowest BCUT2D eigenvalue weighted by Crippen LogP contribution is -2.70. The highest BCUT2D eigenvalue weighted by Crippen LogP contribution is 2.47. The smallest absolute Gasteiger partial charge is 0.271 e. The largest absolute Gasteiger partial charge is 0.484 e. The van der Waals surface area contributed by atoms with Crippen LogP contribution in [0, 0.1) is 12.7 Å². The van der Waals surface area contributed by atoms with Gasteiger partial charge in [0.2, 0.25) is 0 Å². The third-order valence-corrected chi connectivity index (χ3v) is 7.28. The standard InChI is InChI=1S/C21H23ClFN3O4S/c1-12-24-16(11-31-12)19(29)26-20-4-6-21(7-5-20,17(27)9-20)25-18(28)10-30-13-2-3-14(22)15(23)8-13/h2-3,8,11,17,27H,4-7,9-10H2,1H3,(H,25,28)(H,26,29)/t17-,20?,21?/m0/s1. The summed E-state index contributed by atoms with van der Waals surface area (Å²) in [6, 6.07) is 3.95. The summed E-state index contributed by atoms with van der Waals surface area (Å²) in [5.41, 5.74) is -0.870. The predicted molar refractivity (Wildman–Crippen MR) is 114 cm³/mol. The van der Waals surface area contributed by atoms with Crippen LogP contribution in [-0.4, -0.2) is 45.7 Å². The molecule has 0 unspecified atom stereocenters. The Kier molecular flexibility index (Phi) is 5.93. The lowest BCUT2D eigenvalue weighted by atomic mass is 9.60. The number of nitrogens with one attached hydrogen (secondary N) is 2. The van der Waals surface area contributed by atoms with E-state index in [0.29, 0.717) is 37.8 Å². The van der Waals surface area contributed by atoms with Gasteiger partial charge in [0.1, 0.15) is 17.3 Å². The maximum absolute atomic E-state index is 13.5. The molecule has 3 aliphatic rings. The Balaban J connectivity index is 1.34. The summed E-state index contributed by atoms with van der Waals surface area (Å²) in [4.78, 5) is 29.3. The second-order valence-electron chi connectivity index (χ2n) is 8.28. The van der Waals surface area contributed by atoms with Crippen molar-refractivity contribution in [2.75, 3.05) is 6.61 Å². The van der Waals surface area contributed by atoms with E-state index in [1.54, 1.807) is 5.38 Å². The number of fused-ring (bicyclic) bond motifs is 3. The van der Waals surface area contributed by atoms with Crippen molar-refractivity contribution < 1.29 is 23.8 Å². The zero-order valence-electron chi connectivity index (χ0n) is 16.9. The van der Waals surface area contributed by atoms with E-state index in [4.69, 9.17) is 16.3 Å². The second kappa shape index (κ2) is 8.37. The van der Waals surface area contributed by atoms with Crippen LogP contribution < -0.4 is 15.4 Å². The van der Waals surface area contributed by atoms with Gasteiger partial charge in [0.15, 0.2) is 6.61 Å². The third-order valence-electron chi connectivity index (χ3n) is 6.20. The van der Waals surface area contributed by atoms with Crippen molar-refractivity contribution in [3.8, 4) is 5.75 Å². The van der Waals surface area contributed by atoms with Crippen LogP contribution in [-0.2, 0) is 4.79 Å². The molecule has 2 amide bonds. The van der Waals surface area contributed by atoms with Gasteiger partial charge in [0, 0.05) is 17.0 Å². The van der Waals surface area contributed by atoms with Gasteiger partial charge in [-0.3, -0.25) is 9.59 Å². The molecule has 1 aromatic heterocycles. The van der Waals surface area contributed by atoms with Crippen molar-refractivity contribution in [3.05, 3.63) is 45.1 Å². The van der Waals surface area contributed by atoms with Crippen molar-refractivity contribution in [2.45, 2.75) is 56.2 Å². The molecule has 3 fully saturated rings. The number of carbonyl (C=O) groups excluding carboxylic acids is 2. The number of aliphatic hydroxyl groups is 1. The lowest BCUT2D eigenvalue weighted by molar-refractivity contribution is -0.132. The van der Waals surface area contributed by atoms with Gasteiger partial charge in [-0.15, -0.1) is 11.3 Å². The zero-order valence-corrected chi connectivity index (χ0v) is 18.5. The number of aryl methyl sites for hydroxylation is 1. The van der Waals surface area contributed by atoms with E-state index in [-0.39, 0.29) is 23.3 Å². The van der Waals surface area contributed by atoms with Crippen LogP contribution in [0.4, 0.5) is 4.39 Å². The first kappa shape index (κ1) is 22.0. The Morgan fingerprint density at radius 3 is 2.68 bits per heavy atom. The molecule has 1 heterocycles. The Morgan fingerprint density at radius 1 is 1.32 bits per heavy atom. The van der Waals surface area contributed by atoms with E-state index in [2.05, 4.69) is 15.6 Å². The molecule has 0 radical (unpaired) electrons. The molecule has 1 aromatic carbocycles. The van der Waals surface area contributed by atoms with Crippen molar-refractivity contribution >= 4 is 34.8 Å². The highest BCUT2D eigenvalue weighted by molar-refractivity contribution is 7.09. The van der Waals surface area contributed by atoms with E-state index in [0.717, 1.165) is 11.1 Å². The molecular formula is C21H23ClFN3O4S. The predicted octanol–water partition coefficient (Wildman–Crippen LogP) is 2.99. The summed E-state index contributed by atoms with van der Waals surface area (Å²) in [7, 11) is 0. The summed E-state index contributed by atoms with van der Waals surface area (Å²) >= 11 is 7.06. The van der Waals surface area contributed by atoms with Gasteiger partial charge in [0.05, 0.1) is 21.7 Å². The number of halogens is 2. The van der Waals surface area contributed by atoms with Crippen LogP contribution in [0.5, 0.6) is 5.75 Å². The highest BCUT2D eigenvalue weighted by atomic mass is 35.5. The molecule has 3 aliphatic carbocycles. The van der Waals surface area contributed by atoms with Gasteiger partial charge in [-0.1, -0.05) is 11.6 Å². The molecule has 0 saturated heterocycles. The number of ether oxygens (including phenoxy) is 1. The molecule has 7 nitrogen and oxygen atoms in total. The molecule has 1 atom stereocenters. The number of hydrogen-bond donors (Lipinski definition) is 3. The number of hydrogen-bond acceptors (Lipinski definition) is 6. The van der Waals surface area contributed by atoms with Crippen molar-refractivity contribution in [2.24, 2.45) is 0 Å². The van der Waals surface area contributed by atoms with Crippen LogP contribution in [0.15, 0.2) is 23.6 Å². The van der Waals surface area contributed by atoms with Crippen LogP contribution >= 0.6 is 22.9 Å². The van der Waals surface area contributed by atoms with Crippen molar-refractivity contribution in [1.29, 1.82) is 0 Å². The van der Waals surface area contributed by atoms with Crippen LogP contribution in [0.2, 0.25) is 5.02 Å². The van der Waals surface area contributed by atoms with Gasteiger partial charge < -0.3 is 20.5 Å². The third kappa shape index (κ3) is 4.53. The lowest BCUT2D eigenvalue weighted by Gasteiger charge is -2.56. The minimum Gasteiger partial charge on any atom is -0.484 e. The average Bonchev–Trinajstić information content (AvgIpc) is 3.17. The van der Waals surface area contributed by atoms with E-state index >= 15 is 0 Å². The number of thiazole rings is 1. The van der Waals surface area contributed by atoms with E-state index in [1.807, 2.05) is 6.92 Å². The van der Waals surface area contributed by atoms with E-state index in [1.165, 1.54) is 23.5 Å². The van der Waals surface area contributed by atoms with Crippen LogP contribution in [0.1, 0.15) is 47.6 Å². The van der Waals surface area contributed by atoms with E-state index in [9.17, 15) is 19.1 Å². The summed E-state index contributed by atoms with van der Waals surface area (Å²) in [6.45, 7) is 1.54. The Morgan fingerprint density at radius 2 is 2.06 bits per heavy atom. The first-order valence-corrected chi connectivity index (χ1v) is 11.3. The Bertz CT molecular complexity index is 1010. The molecule has 166 valence electrons. The molecule has 2 aromatic rings. The van der Waals surface area contributed by atoms with Crippen molar-refractivity contribution in [3.63, 3.8) is 0 Å². The number of nitrogens with zero attached hydrogens (tertiary/aromatic N) is 1. The molecule has 0 aliphatic heterocycles. The topological polar surface area (TPSA) is 101 Å². The SMILES string of the molecule is Cc1nc(C(=O)NC23CCC(NC(=O)COc4ccc(Cl)c(F)c4)(CC2)[C@@H](O)C3)cs1. The molecule has 31 heavy (non-hydrogen) atoms. The maximum Gasteiger partial charge on any atom is 0.271 e. The quantitative estimate of drug-likeness (QED) is 0.606. The fourth-order valence-electron chi connectivity index (χ4n) is 4.46. The van der Waals surface area contributed by atoms with Gasteiger partial charge in [-0.05, 0) is 51.2 Å². The fraction of sp³-hybridized carbons (Fsp3) is 0.476. The van der Waals surface area contributed by atoms with E-state index < -0.39 is 28.9 Å². The Hall–Kier alpha value is -2.23. The molecule has 10 heteroatoms.